The van der Waals surface area contributed by atoms with Crippen LogP contribution in [-0.4, -0.2) is 11.8 Å². The molecule has 0 aliphatic carbocycles. The van der Waals surface area contributed by atoms with Gasteiger partial charge in [0.05, 0.1) is 4.21 Å². The highest BCUT2D eigenvalue weighted by Crippen LogP contribution is 2.43. The molecule has 0 radical (unpaired) electrons. The van der Waals surface area contributed by atoms with E-state index in [2.05, 4.69) is 54.9 Å². The van der Waals surface area contributed by atoms with Crippen molar-refractivity contribution in [3.63, 3.8) is 0 Å². The lowest BCUT2D eigenvalue weighted by molar-refractivity contribution is 0.492. The van der Waals surface area contributed by atoms with E-state index >= 15 is 0 Å². The molecule has 2 aromatic rings. The third-order valence-electron chi connectivity index (χ3n) is 3.80. The van der Waals surface area contributed by atoms with Crippen molar-refractivity contribution < 1.29 is 0 Å². The van der Waals surface area contributed by atoms with Gasteiger partial charge in [-0.05, 0) is 48.9 Å². The molecule has 1 aromatic carbocycles. The van der Waals surface area contributed by atoms with E-state index in [1.165, 1.54) is 27.3 Å². The number of aryl methyl sites for hydroxylation is 1. The summed E-state index contributed by atoms with van der Waals surface area (Å²) in [5.74, 6) is 0. The van der Waals surface area contributed by atoms with Crippen LogP contribution in [0.1, 0.15) is 36.1 Å². The minimum absolute atomic E-state index is 0.539. The molecule has 0 fully saturated rings. The van der Waals surface area contributed by atoms with Gasteiger partial charge in [0.2, 0.25) is 0 Å². The Morgan fingerprint density at radius 2 is 2.20 bits per heavy atom. The molecular weight excluding hydrogens is 282 g/mol. The van der Waals surface area contributed by atoms with Gasteiger partial charge in [0, 0.05) is 11.3 Å². The highest BCUT2D eigenvalue weighted by molar-refractivity contribution is 8.01. The zero-order valence-electron chi connectivity index (χ0n) is 12.1. The second-order valence-corrected chi connectivity index (χ2v) is 8.20. The summed E-state index contributed by atoms with van der Waals surface area (Å²) in [5.41, 5.74) is 4.30. The average molecular weight is 303 g/mol. The number of benzene rings is 1. The third kappa shape index (κ3) is 3.27. The minimum Gasteiger partial charge on any atom is -0.309 e. The van der Waals surface area contributed by atoms with Gasteiger partial charge < -0.3 is 5.32 Å². The summed E-state index contributed by atoms with van der Waals surface area (Å²) in [6.07, 6.45) is 2.35. The molecule has 1 N–H and O–H groups in total. The van der Waals surface area contributed by atoms with Crippen molar-refractivity contribution in [2.24, 2.45) is 0 Å². The highest BCUT2D eigenvalue weighted by Gasteiger charge is 2.25. The first-order chi connectivity index (χ1) is 9.72. The SMILES string of the molecule is Cc1cccc(CCNC2C[C@H](C)Sc3sccc32)c1. The van der Waals surface area contributed by atoms with Crippen LogP contribution in [0, 0.1) is 6.92 Å². The maximum Gasteiger partial charge on any atom is 0.0649 e. The van der Waals surface area contributed by atoms with Gasteiger partial charge in [-0.15, -0.1) is 23.1 Å². The summed E-state index contributed by atoms with van der Waals surface area (Å²) in [5, 5.41) is 6.70. The van der Waals surface area contributed by atoms with E-state index < -0.39 is 0 Å². The van der Waals surface area contributed by atoms with E-state index in [0.717, 1.165) is 18.2 Å². The van der Waals surface area contributed by atoms with E-state index in [4.69, 9.17) is 0 Å². The third-order valence-corrected chi connectivity index (χ3v) is 6.14. The summed E-state index contributed by atoms with van der Waals surface area (Å²) < 4.78 is 1.51. The van der Waals surface area contributed by atoms with Crippen molar-refractivity contribution in [3.05, 3.63) is 52.4 Å². The molecule has 1 aliphatic heterocycles. The molecule has 0 bridgehead atoms. The molecule has 2 heterocycles. The summed E-state index contributed by atoms with van der Waals surface area (Å²) in [7, 11) is 0. The number of hydrogen-bond acceptors (Lipinski definition) is 3. The number of nitrogens with one attached hydrogen (secondary N) is 1. The molecule has 3 rings (SSSR count). The quantitative estimate of drug-likeness (QED) is 0.869. The van der Waals surface area contributed by atoms with E-state index in [9.17, 15) is 0 Å². The number of thiophene rings is 1. The minimum atomic E-state index is 0.539. The molecule has 0 saturated carbocycles. The van der Waals surface area contributed by atoms with Crippen molar-refractivity contribution in [2.75, 3.05) is 6.54 Å². The zero-order valence-corrected chi connectivity index (χ0v) is 13.7. The van der Waals surface area contributed by atoms with Gasteiger partial charge in [-0.2, -0.15) is 0 Å². The van der Waals surface area contributed by atoms with Crippen molar-refractivity contribution in [1.82, 2.24) is 5.32 Å². The summed E-state index contributed by atoms with van der Waals surface area (Å²) in [6, 6.07) is 11.7. The average Bonchev–Trinajstić information content (AvgIpc) is 2.87. The van der Waals surface area contributed by atoms with Crippen LogP contribution in [0.2, 0.25) is 0 Å². The monoisotopic (exact) mass is 303 g/mol. The summed E-state index contributed by atoms with van der Waals surface area (Å²) in [6.45, 7) is 5.55. The predicted molar refractivity (Wildman–Crippen MR) is 89.9 cm³/mol. The number of hydrogen-bond donors (Lipinski definition) is 1. The Kier molecular flexibility index (Phi) is 4.49. The zero-order chi connectivity index (χ0) is 13.9. The number of thioether (sulfide) groups is 1. The molecular formula is C17H21NS2. The predicted octanol–water partition coefficient (Wildman–Crippen LogP) is 4.81. The van der Waals surface area contributed by atoms with E-state index in [0.29, 0.717) is 6.04 Å². The molecule has 1 unspecified atom stereocenters. The Morgan fingerprint density at radius 3 is 3.05 bits per heavy atom. The van der Waals surface area contributed by atoms with Gasteiger partial charge in [0.1, 0.15) is 0 Å². The Labute approximate surface area is 129 Å². The van der Waals surface area contributed by atoms with Crippen LogP contribution in [-0.2, 0) is 6.42 Å². The molecule has 2 atom stereocenters. The fourth-order valence-electron chi connectivity index (χ4n) is 2.80. The van der Waals surface area contributed by atoms with Crippen LogP contribution in [0.25, 0.3) is 0 Å². The maximum atomic E-state index is 3.76. The first-order valence-electron chi connectivity index (χ1n) is 7.25. The van der Waals surface area contributed by atoms with Crippen LogP contribution in [0.15, 0.2) is 39.9 Å². The molecule has 1 aliphatic rings. The number of rotatable bonds is 4. The van der Waals surface area contributed by atoms with E-state index in [1.54, 1.807) is 0 Å². The summed E-state index contributed by atoms with van der Waals surface area (Å²) >= 11 is 3.92. The second-order valence-electron chi connectivity index (χ2n) is 5.57. The highest BCUT2D eigenvalue weighted by atomic mass is 32.2. The Morgan fingerprint density at radius 1 is 1.30 bits per heavy atom. The molecule has 20 heavy (non-hydrogen) atoms. The first-order valence-corrected chi connectivity index (χ1v) is 9.01. The molecule has 0 saturated heterocycles. The molecule has 0 spiro atoms. The Bertz CT molecular complexity index is 576. The second kappa shape index (κ2) is 6.33. The lowest BCUT2D eigenvalue weighted by Gasteiger charge is -2.27. The lowest BCUT2D eigenvalue weighted by atomic mass is 10.0. The van der Waals surface area contributed by atoms with Gasteiger partial charge in [0.25, 0.3) is 0 Å². The van der Waals surface area contributed by atoms with E-state index in [1.807, 2.05) is 23.1 Å². The van der Waals surface area contributed by atoms with Crippen LogP contribution in [0.5, 0.6) is 0 Å². The van der Waals surface area contributed by atoms with Gasteiger partial charge in [-0.3, -0.25) is 0 Å². The first kappa shape index (κ1) is 14.2. The molecule has 0 amide bonds. The van der Waals surface area contributed by atoms with Gasteiger partial charge in [-0.25, -0.2) is 0 Å². The van der Waals surface area contributed by atoms with Gasteiger partial charge in [-0.1, -0.05) is 36.8 Å². The van der Waals surface area contributed by atoms with Crippen molar-refractivity contribution >= 4 is 23.1 Å². The molecule has 1 aromatic heterocycles. The summed E-state index contributed by atoms with van der Waals surface area (Å²) in [4.78, 5) is 0. The Balaban J connectivity index is 1.59. The molecule has 1 nitrogen and oxygen atoms in total. The fourth-order valence-corrected chi connectivity index (χ4v) is 5.37. The molecule has 106 valence electrons. The fraction of sp³-hybridized carbons (Fsp3) is 0.412. The van der Waals surface area contributed by atoms with Crippen LogP contribution >= 0.6 is 23.1 Å². The van der Waals surface area contributed by atoms with Crippen molar-refractivity contribution in [3.8, 4) is 0 Å². The lowest BCUT2D eigenvalue weighted by Crippen LogP contribution is -2.28. The maximum absolute atomic E-state index is 3.76. The normalized spacial score (nSPS) is 21.7. The van der Waals surface area contributed by atoms with Crippen LogP contribution in [0.3, 0.4) is 0 Å². The van der Waals surface area contributed by atoms with E-state index in [-0.39, 0.29) is 0 Å². The largest absolute Gasteiger partial charge is 0.309 e. The van der Waals surface area contributed by atoms with Crippen molar-refractivity contribution in [1.29, 1.82) is 0 Å². The van der Waals surface area contributed by atoms with Gasteiger partial charge >= 0.3 is 0 Å². The topological polar surface area (TPSA) is 12.0 Å². The van der Waals surface area contributed by atoms with Crippen LogP contribution < -0.4 is 5.32 Å². The van der Waals surface area contributed by atoms with Gasteiger partial charge in [0.15, 0.2) is 0 Å². The van der Waals surface area contributed by atoms with Crippen molar-refractivity contribution in [2.45, 2.75) is 42.2 Å². The Hall–Kier alpha value is -0.770. The smallest absolute Gasteiger partial charge is 0.0649 e. The standard InChI is InChI=1S/C17H21NS2/c1-12-4-3-5-14(10-12)6-8-18-16-11-13(2)20-17-15(16)7-9-19-17/h3-5,7,9-10,13,16,18H,6,8,11H2,1-2H3/t13-,16?/m0/s1. The number of fused-ring (bicyclic) bond motifs is 1. The van der Waals surface area contributed by atoms with Crippen LogP contribution in [0.4, 0.5) is 0 Å². The molecule has 3 heteroatoms.